The predicted octanol–water partition coefficient (Wildman–Crippen LogP) is 4.42. The highest BCUT2D eigenvalue weighted by Crippen LogP contribution is 2.33. The van der Waals surface area contributed by atoms with Crippen LogP contribution in [0, 0.1) is 5.41 Å². The van der Waals surface area contributed by atoms with Gasteiger partial charge in [-0.25, -0.2) is 9.78 Å². The first kappa shape index (κ1) is 22.3. The van der Waals surface area contributed by atoms with E-state index in [2.05, 4.69) is 15.2 Å². The summed E-state index contributed by atoms with van der Waals surface area (Å²) in [6, 6.07) is 16.7. The van der Waals surface area contributed by atoms with Gasteiger partial charge in [0.15, 0.2) is 5.69 Å². The van der Waals surface area contributed by atoms with Crippen LogP contribution in [0.3, 0.4) is 0 Å². The number of carboxylic acids is 1. The van der Waals surface area contributed by atoms with Crippen molar-refractivity contribution < 1.29 is 19.4 Å². The summed E-state index contributed by atoms with van der Waals surface area (Å²) in [4.78, 5) is 18.4. The van der Waals surface area contributed by atoms with Gasteiger partial charge in [0, 0.05) is 41.8 Å². The summed E-state index contributed by atoms with van der Waals surface area (Å²) in [5.74, 6) is -0.173. The normalized spacial score (nSPS) is 13.5. The molecule has 1 fully saturated rings. The Bertz CT molecular complexity index is 1170. The average molecular weight is 447 g/mol. The van der Waals surface area contributed by atoms with Crippen LogP contribution in [-0.4, -0.2) is 55.2 Å². The van der Waals surface area contributed by atoms with Crippen LogP contribution in [-0.2, 0) is 4.74 Å². The Morgan fingerprint density at radius 1 is 1.15 bits per heavy atom. The molecule has 170 valence electrons. The van der Waals surface area contributed by atoms with Gasteiger partial charge in [-0.05, 0) is 48.4 Å². The molecule has 1 saturated heterocycles. The van der Waals surface area contributed by atoms with Gasteiger partial charge in [-0.3, -0.25) is 0 Å². The molecule has 4 rings (SSSR count). The van der Waals surface area contributed by atoms with Gasteiger partial charge in [-0.2, -0.15) is 0 Å². The Kier molecular flexibility index (Phi) is 6.55. The number of morpholine rings is 1. The highest BCUT2D eigenvalue weighted by molar-refractivity contribution is 6.08. The monoisotopic (exact) mass is 446 g/mol. The molecule has 0 spiro atoms. The minimum Gasteiger partial charge on any atom is -0.497 e. The lowest BCUT2D eigenvalue weighted by Crippen LogP contribution is -2.36. The third kappa shape index (κ3) is 4.96. The number of benzene rings is 2. The van der Waals surface area contributed by atoms with Gasteiger partial charge >= 0.3 is 5.97 Å². The SMILES string of the molecule is COc1cccc(Nc2nc(C(=O)O)cc(-c3ccc(N4CCOCC4)cc3)c2C(C)=N)c1. The molecule has 0 saturated carbocycles. The van der Waals surface area contributed by atoms with Crippen molar-refractivity contribution in [3.63, 3.8) is 0 Å². The van der Waals surface area contributed by atoms with E-state index in [9.17, 15) is 9.90 Å². The van der Waals surface area contributed by atoms with Gasteiger partial charge < -0.3 is 30.2 Å². The predicted molar refractivity (Wildman–Crippen MR) is 128 cm³/mol. The molecule has 1 aromatic heterocycles. The van der Waals surface area contributed by atoms with E-state index >= 15 is 0 Å². The number of nitrogens with one attached hydrogen (secondary N) is 2. The van der Waals surface area contributed by atoms with Crippen molar-refractivity contribution in [2.24, 2.45) is 0 Å². The second-order valence-corrected chi connectivity index (χ2v) is 7.71. The lowest BCUT2D eigenvalue weighted by Gasteiger charge is -2.29. The topological polar surface area (TPSA) is 108 Å². The number of aromatic nitrogens is 1. The van der Waals surface area contributed by atoms with Gasteiger partial charge in [-0.15, -0.1) is 0 Å². The van der Waals surface area contributed by atoms with Crippen LogP contribution in [0.25, 0.3) is 11.1 Å². The number of hydrogen-bond acceptors (Lipinski definition) is 7. The van der Waals surface area contributed by atoms with Crippen LogP contribution < -0.4 is 15.0 Å². The number of pyridine rings is 1. The summed E-state index contributed by atoms with van der Waals surface area (Å²) in [6.07, 6.45) is 0. The molecule has 2 heterocycles. The Hall–Kier alpha value is -3.91. The van der Waals surface area contributed by atoms with Crippen LogP contribution in [0.15, 0.2) is 54.6 Å². The summed E-state index contributed by atoms with van der Waals surface area (Å²) < 4.78 is 10.7. The summed E-state index contributed by atoms with van der Waals surface area (Å²) in [7, 11) is 1.58. The van der Waals surface area contributed by atoms with Gasteiger partial charge in [0.2, 0.25) is 0 Å². The van der Waals surface area contributed by atoms with E-state index in [1.165, 1.54) is 6.07 Å². The highest BCUT2D eigenvalue weighted by Gasteiger charge is 2.20. The number of hydrogen-bond donors (Lipinski definition) is 3. The molecule has 3 N–H and O–H groups in total. The van der Waals surface area contributed by atoms with E-state index in [-0.39, 0.29) is 11.4 Å². The Balaban J connectivity index is 1.78. The molecule has 1 aliphatic heterocycles. The smallest absolute Gasteiger partial charge is 0.354 e. The maximum atomic E-state index is 11.8. The van der Waals surface area contributed by atoms with E-state index in [1.54, 1.807) is 20.1 Å². The third-order valence-electron chi connectivity index (χ3n) is 5.50. The van der Waals surface area contributed by atoms with Crippen molar-refractivity contribution in [1.29, 1.82) is 5.41 Å². The second kappa shape index (κ2) is 9.70. The standard InChI is InChI=1S/C25H26N4O4/c1-16(26)23-21(17-6-8-19(9-7-17)29-10-12-33-13-11-29)15-22(25(30)31)28-24(23)27-18-4-3-5-20(14-18)32-2/h3-9,14-15,26H,10-13H2,1-2H3,(H,27,28)(H,30,31). The molecule has 0 aliphatic carbocycles. The van der Waals surface area contributed by atoms with Gasteiger partial charge in [0.1, 0.15) is 11.6 Å². The molecule has 8 heteroatoms. The quantitative estimate of drug-likeness (QED) is 0.461. The third-order valence-corrected chi connectivity index (χ3v) is 5.50. The average Bonchev–Trinajstić information content (AvgIpc) is 2.84. The Morgan fingerprint density at radius 3 is 2.52 bits per heavy atom. The zero-order chi connectivity index (χ0) is 23.4. The summed E-state index contributed by atoms with van der Waals surface area (Å²) in [5.41, 5.74) is 3.93. The zero-order valence-electron chi connectivity index (χ0n) is 18.6. The van der Waals surface area contributed by atoms with E-state index in [0.717, 1.165) is 24.3 Å². The van der Waals surface area contributed by atoms with Crippen molar-refractivity contribution in [2.75, 3.05) is 43.6 Å². The number of ether oxygens (including phenoxy) is 2. The molecule has 0 amide bonds. The molecule has 0 atom stereocenters. The lowest BCUT2D eigenvalue weighted by molar-refractivity contribution is 0.0690. The van der Waals surface area contributed by atoms with Crippen LogP contribution in [0.2, 0.25) is 0 Å². The second-order valence-electron chi connectivity index (χ2n) is 7.71. The number of aromatic carboxylic acids is 1. The van der Waals surface area contributed by atoms with Crippen LogP contribution in [0.1, 0.15) is 23.0 Å². The number of anilines is 3. The number of methoxy groups -OCH3 is 1. The van der Waals surface area contributed by atoms with Crippen LogP contribution in [0.4, 0.5) is 17.2 Å². The lowest BCUT2D eigenvalue weighted by atomic mass is 9.96. The first-order chi connectivity index (χ1) is 16.0. The summed E-state index contributed by atoms with van der Waals surface area (Å²) in [6.45, 7) is 4.73. The largest absolute Gasteiger partial charge is 0.497 e. The van der Waals surface area contributed by atoms with Crippen molar-refractivity contribution in [1.82, 2.24) is 4.98 Å². The van der Waals surface area contributed by atoms with Crippen molar-refractivity contribution >= 4 is 28.9 Å². The van der Waals surface area contributed by atoms with E-state index in [4.69, 9.17) is 14.9 Å². The highest BCUT2D eigenvalue weighted by atomic mass is 16.5. The van der Waals surface area contributed by atoms with E-state index in [0.29, 0.717) is 41.6 Å². The van der Waals surface area contributed by atoms with Gasteiger partial charge in [0.25, 0.3) is 0 Å². The van der Waals surface area contributed by atoms with Crippen LogP contribution in [0.5, 0.6) is 5.75 Å². The molecule has 0 radical (unpaired) electrons. The number of rotatable bonds is 7. The Labute approximate surface area is 192 Å². The molecular weight excluding hydrogens is 420 g/mol. The fourth-order valence-electron chi connectivity index (χ4n) is 3.86. The maximum Gasteiger partial charge on any atom is 0.354 e. The minimum atomic E-state index is -1.14. The van der Waals surface area contributed by atoms with Gasteiger partial charge in [-0.1, -0.05) is 18.2 Å². The first-order valence-corrected chi connectivity index (χ1v) is 10.6. The molecule has 3 aromatic rings. The molecule has 33 heavy (non-hydrogen) atoms. The molecule has 0 unspecified atom stereocenters. The molecule has 0 bridgehead atoms. The first-order valence-electron chi connectivity index (χ1n) is 10.6. The van der Waals surface area contributed by atoms with Crippen molar-refractivity contribution in [3.8, 4) is 16.9 Å². The number of carbonyl (C=O) groups is 1. The zero-order valence-corrected chi connectivity index (χ0v) is 18.6. The molecule has 8 nitrogen and oxygen atoms in total. The fraction of sp³-hybridized carbons (Fsp3) is 0.240. The Morgan fingerprint density at radius 2 is 1.88 bits per heavy atom. The van der Waals surface area contributed by atoms with E-state index in [1.807, 2.05) is 42.5 Å². The minimum absolute atomic E-state index is 0.0994. The number of nitrogens with zero attached hydrogens (tertiary/aromatic N) is 2. The molecular formula is C25H26N4O4. The fourth-order valence-corrected chi connectivity index (χ4v) is 3.86. The molecule has 1 aliphatic rings. The molecule has 2 aromatic carbocycles. The summed E-state index contributed by atoms with van der Waals surface area (Å²) >= 11 is 0. The van der Waals surface area contributed by atoms with E-state index < -0.39 is 5.97 Å². The summed E-state index contributed by atoms with van der Waals surface area (Å²) in [5, 5.41) is 21.3. The number of carboxylic acid groups (broad SMARTS) is 1. The maximum absolute atomic E-state index is 11.8. The van der Waals surface area contributed by atoms with Crippen molar-refractivity contribution in [2.45, 2.75) is 6.92 Å². The van der Waals surface area contributed by atoms with Crippen LogP contribution >= 0.6 is 0 Å². The van der Waals surface area contributed by atoms with Gasteiger partial charge in [0.05, 0.1) is 20.3 Å². The van der Waals surface area contributed by atoms with Crippen molar-refractivity contribution in [3.05, 3.63) is 65.9 Å².